The van der Waals surface area contributed by atoms with Gasteiger partial charge >= 0.3 is 0 Å². The van der Waals surface area contributed by atoms with E-state index in [1.807, 2.05) is 42.9 Å². The average Bonchev–Trinajstić information content (AvgIpc) is 3.31. The van der Waals surface area contributed by atoms with E-state index >= 15 is 0 Å². The van der Waals surface area contributed by atoms with Crippen molar-refractivity contribution in [1.82, 2.24) is 24.8 Å². The molecule has 1 fully saturated rings. The SMILES string of the molecule is Cc1ccc(C)c(-n2c(C)cc([C@H]3[C@H](c4ccccn4)NC(=S)N3Cc3ccncc3)c2C)c1. The lowest BCUT2D eigenvalue weighted by Gasteiger charge is -2.28. The number of nitrogens with zero attached hydrogens (tertiary/aromatic N) is 4. The normalized spacial score (nSPS) is 17.8. The maximum absolute atomic E-state index is 5.87. The third-order valence-electron chi connectivity index (χ3n) is 6.69. The molecule has 1 saturated heterocycles. The van der Waals surface area contributed by atoms with Crippen LogP contribution in [0.1, 0.15) is 51.4 Å². The van der Waals surface area contributed by atoms with Gasteiger partial charge in [0, 0.05) is 42.2 Å². The standard InChI is InChI=1S/C28H29N5S/c1-18-8-9-19(2)25(15-18)33-20(3)16-23(21(33)4)27-26(24-7-5-6-12-30-24)31-28(34)32(27)17-22-10-13-29-14-11-22/h5-16,26-27H,17H2,1-4H3,(H,31,34)/t26-,27-/m0/s1. The van der Waals surface area contributed by atoms with Gasteiger partial charge in [0.1, 0.15) is 0 Å². The molecule has 1 N–H and O–H groups in total. The van der Waals surface area contributed by atoms with Crippen molar-refractivity contribution >= 4 is 17.3 Å². The van der Waals surface area contributed by atoms with Crippen LogP contribution in [0, 0.1) is 27.7 Å². The van der Waals surface area contributed by atoms with Crippen molar-refractivity contribution in [3.05, 3.63) is 113 Å². The number of pyridine rings is 2. The Labute approximate surface area is 206 Å². The van der Waals surface area contributed by atoms with Gasteiger partial charge in [-0.2, -0.15) is 0 Å². The third kappa shape index (κ3) is 3.99. The van der Waals surface area contributed by atoms with Gasteiger partial charge in [0.25, 0.3) is 0 Å². The number of rotatable bonds is 5. The summed E-state index contributed by atoms with van der Waals surface area (Å²) in [7, 11) is 0. The minimum atomic E-state index is -0.0388. The van der Waals surface area contributed by atoms with E-state index in [4.69, 9.17) is 12.2 Å². The Morgan fingerprint density at radius 3 is 2.47 bits per heavy atom. The molecule has 1 aromatic carbocycles. The Morgan fingerprint density at radius 1 is 0.941 bits per heavy atom. The summed E-state index contributed by atoms with van der Waals surface area (Å²) in [4.78, 5) is 11.2. The number of thiocarbonyl (C=S) groups is 1. The minimum absolute atomic E-state index is 0.0145. The Kier molecular flexibility index (Phi) is 5.92. The molecule has 4 heterocycles. The quantitative estimate of drug-likeness (QED) is 0.383. The molecule has 0 bridgehead atoms. The van der Waals surface area contributed by atoms with E-state index in [1.54, 1.807) is 0 Å². The largest absolute Gasteiger partial charge is 0.352 e. The molecule has 0 radical (unpaired) electrons. The van der Waals surface area contributed by atoms with Gasteiger partial charge in [-0.1, -0.05) is 18.2 Å². The molecule has 0 saturated carbocycles. The predicted molar refractivity (Wildman–Crippen MR) is 140 cm³/mol. The van der Waals surface area contributed by atoms with E-state index in [9.17, 15) is 0 Å². The predicted octanol–water partition coefficient (Wildman–Crippen LogP) is 5.67. The van der Waals surface area contributed by atoms with Gasteiger partial charge in [0.15, 0.2) is 5.11 Å². The molecule has 0 unspecified atom stereocenters. The van der Waals surface area contributed by atoms with E-state index in [0.717, 1.165) is 10.8 Å². The number of nitrogens with one attached hydrogen (secondary N) is 1. The lowest BCUT2D eigenvalue weighted by atomic mass is 9.96. The van der Waals surface area contributed by atoms with Crippen LogP contribution in [0.2, 0.25) is 0 Å². The highest BCUT2D eigenvalue weighted by atomic mass is 32.1. The second kappa shape index (κ2) is 9.03. The molecule has 34 heavy (non-hydrogen) atoms. The molecule has 0 aliphatic carbocycles. The molecule has 172 valence electrons. The molecule has 3 aromatic heterocycles. The molecular formula is C28H29N5S. The van der Waals surface area contributed by atoms with Crippen LogP contribution in [-0.2, 0) is 6.54 Å². The Hall–Kier alpha value is -3.51. The number of aromatic nitrogens is 3. The van der Waals surface area contributed by atoms with Crippen LogP contribution in [0.4, 0.5) is 0 Å². The van der Waals surface area contributed by atoms with Crippen LogP contribution in [0.15, 0.2) is 73.2 Å². The molecule has 2 atom stereocenters. The summed E-state index contributed by atoms with van der Waals surface area (Å²) < 4.78 is 2.37. The summed E-state index contributed by atoms with van der Waals surface area (Å²) in [6.07, 6.45) is 5.51. The fourth-order valence-corrected chi connectivity index (χ4v) is 5.32. The van der Waals surface area contributed by atoms with E-state index in [2.05, 4.69) is 82.8 Å². The molecule has 1 aliphatic rings. The van der Waals surface area contributed by atoms with Crippen LogP contribution >= 0.6 is 12.2 Å². The van der Waals surface area contributed by atoms with E-state index in [0.29, 0.717) is 6.54 Å². The second-order valence-electron chi connectivity index (χ2n) is 9.06. The third-order valence-corrected chi connectivity index (χ3v) is 7.05. The smallest absolute Gasteiger partial charge is 0.170 e. The second-order valence-corrected chi connectivity index (χ2v) is 9.45. The summed E-state index contributed by atoms with van der Waals surface area (Å²) >= 11 is 5.87. The summed E-state index contributed by atoms with van der Waals surface area (Å²) in [6.45, 7) is 9.42. The molecule has 0 amide bonds. The van der Waals surface area contributed by atoms with Gasteiger partial charge in [0.05, 0.1) is 17.8 Å². The minimum Gasteiger partial charge on any atom is -0.352 e. The first-order valence-electron chi connectivity index (χ1n) is 11.6. The van der Waals surface area contributed by atoms with Gasteiger partial charge in [-0.25, -0.2) is 0 Å². The lowest BCUT2D eigenvalue weighted by Crippen LogP contribution is -2.29. The van der Waals surface area contributed by atoms with Gasteiger partial charge in [-0.15, -0.1) is 0 Å². The van der Waals surface area contributed by atoms with Crippen molar-refractivity contribution in [2.75, 3.05) is 0 Å². The summed E-state index contributed by atoms with van der Waals surface area (Å²) in [5, 5.41) is 4.32. The van der Waals surface area contributed by atoms with Crippen molar-refractivity contribution in [3.63, 3.8) is 0 Å². The summed E-state index contributed by atoms with van der Waals surface area (Å²) in [6, 6.07) is 19.1. The molecule has 6 heteroatoms. The zero-order valence-corrected chi connectivity index (χ0v) is 20.8. The molecule has 1 aliphatic heterocycles. The first-order chi connectivity index (χ1) is 16.4. The first kappa shape index (κ1) is 22.3. The van der Waals surface area contributed by atoms with Crippen LogP contribution in [0.25, 0.3) is 5.69 Å². The first-order valence-corrected chi connectivity index (χ1v) is 12.0. The number of hydrogen-bond acceptors (Lipinski definition) is 3. The van der Waals surface area contributed by atoms with Crippen LogP contribution in [-0.4, -0.2) is 24.5 Å². The summed E-state index contributed by atoms with van der Waals surface area (Å²) in [5.74, 6) is 0. The zero-order chi connectivity index (χ0) is 23.8. The van der Waals surface area contributed by atoms with Crippen LogP contribution < -0.4 is 5.32 Å². The van der Waals surface area contributed by atoms with E-state index in [1.165, 1.54) is 39.3 Å². The Morgan fingerprint density at radius 2 is 1.74 bits per heavy atom. The topological polar surface area (TPSA) is 46.0 Å². The average molecular weight is 468 g/mol. The number of hydrogen-bond donors (Lipinski definition) is 1. The van der Waals surface area contributed by atoms with Crippen LogP contribution in [0.5, 0.6) is 0 Å². The van der Waals surface area contributed by atoms with Crippen molar-refractivity contribution < 1.29 is 0 Å². The molecule has 0 spiro atoms. The van der Waals surface area contributed by atoms with E-state index in [-0.39, 0.29) is 12.1 Å². The number of aryl methyl sites for hydroxylation is 3. The lowest BCUT2D eigenvalue weighted by molar-refractivity contribution is 0.310. The summed E-state index contributed by atoms with van der Waals surface area (Å²) in [5.41, 5.74) is 9.60. The Bertz CT molecular complexity index is 1330. The fraction of sp³-hybridized carbons (Fsp3) is 0.250. The Balaban J connectivity index is 1.64. The monoisotopic (exact) mass is 467 g/mol. The van der Waals surface area contributed by atoms with Crippen molar-refractivity contribution in [1.29, 1.82) is 0 Å². The maximum atomic E-state index is 5.87. The van der Waals surface area contributed by atoms with Gasteiger partial charge < -0.3 is 14.8 Å². The highest BCUT2D eigenvalue weighted by Gasteiger charge is 2.41. The molecule has 5 rings (SSSR count). The van der Waals surface area contributed by atoms with E-state index < -0.39 is 0 Å². The maximum Gasteiger partial charge on any atom is 0.170 e. The number of benzene rings is 1. The van der Waals surface area contributed by atoms with Crippen molar-refractivity contribution in [2.45, 2.75) is 46.3 Å². The zero-order valence-electron chi connectivity index (χ0n) is 20.0. The highest BCUT2D eigenvalue weighted by molar-refractivity contribution is 7.80. The highest BCUT2D eigenvalue weighted by Crippen LogP contribution is 2.42. The van der Waals surface area contributed by atoms with Gasteiger partial charge in [-0.3, -0.25) is 9.97 Å². The van der Waals surface area contributed by atoms with Crippen molar-refractivity contribution in [3.8, 4) is 5.69 Å². The van der Waals surface area contributed by atoms with Gasteiger partial charge in [-0.05, 0) is 98.6 Å². The molecular weight excluding hydrogens is 438 g/mol. The molecule has 4 aromatic rings. The van der Waals surface area contributed by atoms with Gasteiger partial charge in [0.2, 0.25) is 0 Å². The molecule has 5 nitrogen and oxygen atoms in total. The van der Waals surface area contributed by atoms with Crippen LogP contribution in [0.3, 0.4) is 0 Å². The fourth-order valence-electron chi connectivity index (χ4n) is 5.02. The van der Waals surface area contributed by atoms with Crippen molar-refractivity contribution in [2.24, 2.45) is 0 Å².